The molecule has 0 saturated carbocycles. The predicted octanol–water partition coefficient (Wildman–Crippen LogP) is 4.72. The Morgan fingerprint density at radius 1 is 0.950 bits per heavy atom. The normalized spacial score (nSPS) is 13.3. The van der Waals surface area contributed by atoms with Crippen molar-refractivity contribution in [2.75, 3.05) is 6.79 Å². The van der Waals surface area contributed by atoms with Gasteiger partial charge in [0.1, 0.15) is 11.6 Å². The summed E-state index contributed by atoms with van der Waals surface area (Å²) in [6, 6.07) is 17.6. The van der Waals surface area contributed by atoms with Crippen molar-refractivity contribution in [3.63, 3.8) is 0 Å². The van der Waals surface area contributed by atoms with Crippen LogP contribution in [0.5, 0.6) is 11.5 Å². The molecule has 2 aromatic heterocycles. The van der Waals surface area contributed by atoms with Crippen molar-refractivity contribution in [1.82, 2.24) is 30.1 Å². The summed E-state index contributed by atoms with van der Waals surface area (Å²) >= 11 is 0. The van der Waals surface area contributed by atoms with E-state index >= 15 is 0 Å². The van der Waals surface area contributed by atoms with Crippen LogP contribution in [-0.2, 0) is 19.6 Å². The summed E-state index contributed by atoms with van der Waals surface area (Å²) in [4.78, 5) is 18.3. The van der Waals surface area contributed by atoms with Crippen molar-refractivity contribution in [2.24, 2.45) is 0 Å². The van der Waals surface area contributed by atoms with Gasteiger partial charge in [0.15, 0.2) is 17.3 Å². The van der Waals surface area contributed by atoms with Gasteiger partial charge in [-0.2, -0.15) is 0 Å². The standard InChI is InChI=1S/C29H26F2N6O3/c1-2-25(28-33-34-35-37(28)15-19-5-9-23(31)10-6-19)36(14-18-3-7-22(30)8-4-18)16-21-11-20-12-26-27(40-17-39-26)13-24(20)32-29(21)38/h3-13,25H,2,14-17H2,1H3,(H,32,38)/t25-/m0/s1. The molecule has 11 heteroatoms. The van der Waals surface area contributed by atoms with Gasteiger partial charge in [0.2, 0.25) is 6.79 Å². The average Bonchev–Trinajstić information content (AvgIpc) is 3.60. The summed E-state index contributed by atoms with van der Waals surface area (Å²) in [5, 5.41) is 13.3. The van der Waals surface area contributed by atoms with E-state index in [2.05, 4.69) is 25.4 Å². The molecule has 0 spiro atoms. The molecule has 1 aliphatic heterocycles. The molecule has 40 heavy (non-hydrogen) atoms. The van der Waals surface area contributed by atoms with Crippen LogP contribution in [-0.4, -0.2) is 36.9 Å². The monoisotopic (exact) mass is 544 g/mol. The second-order valence-electron chi connectivity index (χ2n) is 9.69. The molecule has 1 aliphatic rings. The lowest BCUT2D eigenvalue weighted by atomic mass is 10.1. The second kappa shape index (κ2) is 10.9. The molecular formula is C29H26F2N6O3. The molecule has 3 heterocycles. The van der Waals surface area contributed by atoms with Crippen molar-refractivity contribution in [2.45, 2.75) is 39.0 Å². The van der Waals surface area contributed by atoms with Gasteiger partial charge in [0.25, 0.3) is 5.56 Å². The zero-order valence-corrected chi connectivity index (χ0v) is 21.7. The van der Waals surface area contributed by atoms with Gasteiger partial charge in [-0.3, -0.25) is 9.69 Å². The lowest BCUT2D eigenvalue weighted by Crippen LogP contribution is -2.32. The topological polar surface area (TPSA) is 98.2 Å². The molecule has 0 radical (unpaired) electrons. The Labute approximate surface area is 228 Å². The summed E-state index contributed by atoms with van der Waals surface area (Å²) in [6.07, 6.45) is 0.634. The number of benzene rings is 3. The maximum Gasteiger partial charge on any atom is 0.252 e. The number of nitrogens with zero attached hydrogens (tertiary/aromatic N) is 5. The first-order valence-electron chi connectivity index (χ1n) is 12.9. The third-order valence-corrected chi connectivity index (χ3v) is 7.02. The largest absolute Gasteiger partial charge is 0.454 e. The molecule has 0 amide bonds. The van der Waals surface area contributed by atoms with Gasteiger partial charge in [-0.05, 0) is 64.4 Å². The van der Waals surface area contributed by atoms with Crippen molar-refractivity contribution in [3.8, 4) is 11.5 Å². The molecule has 0 fully saturated rings. The number of aromatic nitrogens is 5. The number of pyridine rings is 1. The third kappa shape index (κ3) is 5.28. The van der Waals surface area contributed by atoms with Crippen LogP contribution < -0.4 is 15.0 Å². The number of tetrazole rings is 1. The summed E-state index contributed by atoms with van der Waals surface area (Å²) in [5.41, 5.74) is 2.69. The Kier molecular flexibility index (Phi) is 6.95. The van der Waals surface area contributed by atoms with E-state index in [1.807, 2.05) is 19.1 Å². The lowest BCUT2D eigenvalue weighted by molar-refractivity contribution is 0.161. The van der Waals surface area contributed by atoms with E-state index in [0.29, 0.717) is 47.9 Å². The molecule has 0 aliphatic carbocycles. The van der Waals surface area contributed by atoms with E-state index in [4.69, 9.17) is 9.47 Å². The first-order valence-corrected chi connectivity index (χ1v) is 12.9. The third-order valence-electron chi connectivity index (χ3n) is 7.02. The number of hydrogen-bond donors (Lipinski definition) is 1. The fourth-order valence-corrected chi connectivity index (χ4v) is 5.01. The maximum atomic E-state index is 13.7. The fraction of sp³-hybridized carbons (Fsp3) is 0.241. The SMILES string of the molecule is CC[C@@H](c1nnnn1Cc1ccc(F)cc1)N(Cc1ccc(F)cc1)Cc1cc2cc3c(cc2[nH]c1=O)OCO3. The Morgan fingerprint density at radius 3 is 2.33 bits per heavy atom. The van der Waals surface area contributed by atoms with Crippen molar-refractivity contribution < 1.29 is 18.3 Å². The summed E-state index contributed by atoms with van der Waals surface area (Å²) in [7, 11) is 0. The van der Waals surface area contributed by atoms with Crippen LogP contribution in [0.4, 0.5) is 8.78 Å². The number of halogens is 2. The Morgan fingerprint density at radius 2 is 1.62 bits per heavy atom. The van der Waals surface area contributed by atoms with Crippen LogP contribution in [0.25, 0.3) is 10.9 Å². The Balaban J connectivity index is 1.36. The molecule has 1 N–H and O–H groups in total. The Bertz CT molecular complexity index is 1700. The fourth-order valence-electron chi connectivity index (χ4n) is 5.01. The van der Waals surface area contributed by atoms with Crippen LogP contribution in [0.1, 0.15) is 41.9 Å². The molecule has 3 aromatic carbocycles. The first kappa shape index (κ1) is 25.6. The van der Waals surface area contributed by atoms with E-state index in [1.165, 1.54) is 24.3 Å². The first-order chi connectivity index (χ1) is 19.5. The minimum Gasteiger partial charge on any atom is -0.454 e. The van der Waals surface area contributed by atoms with Crippen LogP contribution in [0.2, 0.25) is 0 Å². The molecule has 0 saturated heterocycles. The molecule has 1 atom stereocenters. The van der Waals surface area contributed by atoms with Crippen LogP contribution >= 0.6 is 0 Å². The highest BCUT2D eigenvalue weighted by molar-refractivity contribution is 5.83. The second-order valence-corrected chi connectivity index (χ2v) is 9.69. The lowest BCUT2D eigenvalue weighted by Gasteiger charge is -2.30. The number of ether oxygens (including phenoxy) is 2. The highest BCUT2D eigenvalue weighted by Gasteiger charge is 2.26. The van der Waals surface area contributed by atoms with E-state index in [0.717, 1.165) is 16.5 Å². The van der Waals surface area contributed by atoms with Crippen LogP contribution in [0, 0.1) is 11.6 Å². The van der Waals surface area contributed by atoms with Gasteiger partial charge in [-0.1, -0.05) is 31.2 Å². The molecule has 204 valence electrons. The van der Waals surface area contributed by atoms with E-state index < -0.39 is 0 Å². The zero-order valence-electron chi connectivity index (χ0n) is 21.7. The zero-order chi connectivity index (χ0) is 27.6. The van der Waals surface area contributed by atoms with E-state index in [1.54, 1.807) is 35.0 Å². The van der Waals surface area contributed by atoms with Crippen molar-refractivity contribution in [3.05, 3.63) is 111 Å². The number of H-pyrrole nitrogens is 1. The molecular weight excluding hydrogens is 518 g/mol. The molecule has 6 rings (SSSR count). The predicted molar refractivity (Wildman–Crippen MR) is 143 cm³/mol. The quantitative estimate of drug-likeness (QED) is 0.287. The smallest absolute Gasteiger partial charge is 0.252 e. The summed E-state index contributed by atoms with van der Waals surface area (Å²) in [5.74, 6) is 1.18. The van der Waals surface area contributed by atoms with E-state index in [9.17, 15) is 13.6 Å². The molecule has 0 bridgehead atoms. The highest BCUT2D eigenvalue weighted by atomic mass is 19.1. The minimum atomic E-state index is -0.324. The summed E-state index contributed by atoms with van der Waals surface area (Å²) < 4.78 is 39.8. The highest BCUT2D eigenvalue weighted by Crippen LogP contribution is 2.35. The number of nitrogens with one attached hydrogen (secondary N) is 1. The molecule has 5 aromatic rings. The van der Waals surface area contributed by atoms with Gasteiger partial charge in [0, 0.05) is 30.1 Å². The van der Waals surface area contributed by atoms with Gasteiger partial charge >= 0.3 is 0 Å². The van der Waals surface area contributed by atoms with Crippen molar-refractivity contribution >= 4 is 10.9 Å². The number of aromatic amines is 1. The number of hydrogen-bond acceptors (Lipinski definition) is 7. The Hall–Kier alpha value is -4.64. The average molecular weight is 545 g/mol. The molecule has 9 nitrogen and oxygen atoms in total. The number of fused-ring (bicyclic) bond motifs is 2. The minimum absolute atomic E-state index is 0.138. The van der Waals surface area contributed by atoms with Gasteiger partial charge in [0.05, 0.1) is 18.1 Å². The van der Waals surface area contributed by atoms with Crippen LogP contribution in [0.3, 0.4) is 0 Å². The van der Waals surface area contributed by atoms with Gasteiger partial charge < -0.3 is 14.5 Å². The van der Waals surface area contributed by atoms with Gasteiger partial charge in [-0.25, -0.2) is 13.5 Å². The maximum absolute atomic E-state index is 13.7. The summed E-state index contributed by atoms with van der Waals surface area (Å²) in [6.45, 7) is 3.20. The molecule has 0 unspecified atom stereocenters. The van der Waals surface area contributed by atoms with Crippen molar-refractivity contribution in [1.29, 1.82) is 0 Å². The van der Waals surface area contributed by atoms with Crippen LogP contribution in [0.15, 0.2) is 71.5 Å². The van der Waals surface area contributed by atoms with E-state index in [-0.39, 0.29) is 36.6 Å². The number of rotatable bonds is 9. The van der Waals surface area contributed by atoms with Gasteiger partial charge in [-0.15, -0.1) is 5.10 Å².